The van der Waals surface area contributed by atoms with Crippen molar-refractivity contribution >= 4 is 0 Å². The van der Waals surface area contributed by atoms with Gasteiger partial charge in [-0.1, -0.05) is 13.8 Å². The SMILES string of the molecule is CCNC1(C#N)CCCC(N2CC(C)CC2C)C1. The van der Waals surface area contributed by atoms with Crippen molar-refractivity contribution in [1.29, 1.82) is 5.26 Å². The highest BCUT2D eigenvalue weighted by Crippen LogP contribution is 2.35. The first-order valence-corrected chi connectivity index (χ1v) is 7.52. The summed E-state index contributed by atoms with van der Waals surface area (Å²) in [6.07, 6.45) is 5.80. The van der Waals surface area contributed by atoms with E-state index in [-0.39, 0.29) is 5.54 Å². The Labute approximate surface area is 112 Å². The molecule has 2 rings (SSSR count). The van der Waals surface area contributed by atoms with E-state index in [2.05, 4.69) is 37.1 Å². The molecule has 1 saturated carbocycles. The van der Waals surface area contributed by atoms with Gasteiger partial charge < -0.3 is 0 Å². The molecule has 1 aliphatic carbocycles. The second-order valence-corrected chi connectivity index (χ2v) is 6.36. The van der Waals surface area contributed by atoms with E-state index in [0.29, 0.717) is 12.1 Å². The summed E-state index contributed by atoms with van der Waals surface area (Å²) < 4.78 is 0. The van der Waals surface area contributed by atoms with Gasteiger partial charge in [0.05, 0.1) is 6.07 Å². The van der Waals surface area contributed by atoms with Gasteiger partial charge in [0, 0.05) is 18.6 Å². The molecule has 102 valence electrons. The van der Waals surface area contributed by atoms with Crippen LogP contribution in [0.5, 0.6) is 0 Å². The third-order valence-electron chi connectivity index (χ3n) is 4.76. The molecule has 0 aromatic carbocycles. The van der Waals surface area contributed by atoms with Gasteiger partial charge in [0.25, 0.3) is 0 Å². The lowest BCUT2D eigenvalue weighted by Gasteiger charge is -2.41. The molecule has 3 nitrogen and oxygen atoms in total. The summed E-state index contributed by atoms with van der Waals surface area (Å²) in [5, 5.41) is 13.0. The molecule has 0 aromatic heterocycles. The van der Waals surface area contributed by atoms with Crippen LogP contribution in [0.2, 0.25) is 0 Å². The molecule has 4 atom stereocenters. The maximum atomic E-state index is 9.52. The molecule has 1 heterocycles. The molecule has 4 unspecified atom stereocenters. The standard InChI is InChI=1S/C15H27N3/c1-4-17-15(11-16)7-5-6-14(9-15)18-10-12(2)8-13(18)3/h12-14,17H,4-10H2,1-3H3. The van der Waals surface area contributed by atoms with Gasteiger partial charge in [-0.15, -0.1) is 0 Å². The number of hydrogen-bond acceptors (Lipinski definition) is 3. The van der Waals surface area contributed by atoms with Gasteiger partial charge in [-0.25, -0.2) is 0 Å². The Hall–Kier alpha value is -0.590. The molecule has 0 bridgehead atoms. The number of nitriles is 1. The number of nitrogens with one attached hydrogen (secondary N) is 1. The van der Waals surface area contributed by atoms with Crippen molar-refractivity contribution in [3.8, 4) is 6.07 Å². The third kappa shape index (κ3) is 2.70. The fourth-order valence-electron chi connectivity index (χ4n) is 4.01. The minimum Gasteiger partial charge on any atom is -0.300 e. The molecule has 1 saturated heterocycles. The maximum absolute atomic E-state index is 9.52. The summed E-state index contributed by atoms with van der Waals surface area (Å²) in [6.45, 7) is 8.91. The first-order chi connectivity index (χ1) is 8.60. The minimum absolute atomic E-state index is 0.261. The van der Waals surface area contributed by atoms with E-state index in [1.54, 1.807) is 0 Å². The lowest BCUT2D eigenvalue weighted by atomic mass is 9.79. The number of nitrogens with zero attached hydrogens (tertiary/aromatic N) is 2. The predicted octanol–water partition coefficient (Wildman–Crippen LogP) is 2.53. The number of likely N-dealkylation sites (tertiary alicyclic amines) is 1. The number of rotatable bonds is 3. The van der Waals surface area contributed by atoms with E-state index in [4.69, 9.17) is 0 Å². The van der Waals surface area contributed by atoms with Gasteiger partial charge in [-0.2, -0.15) is 5.26 Å². The van der Waals surface area contributed by atoms with Gasteiger partial charge in [-0.05, 0) is 51.5 Å². The van der Waals surface area contributed by atoms with E-state index in [0.717, 1.165) is 25.3 Å². The zero-order valence-electron chi connectivity index (χ0n) is 12.1. The van der Waals surface area contributed by atoms with Gasteiger partial charge in [0.1, 0.15) is 5.54 Å². The molecule has 1 N–H and O–H groups in total. The van der Waals surface area contributed by atoms with Gasteiger partial charge in [0.15, 0.2) is 0 Å². The minimum atomic E-state index is -0.261. The average molecular weight is 249 g/mol. The third-order valence-corrected chi connectivity index (χ3v) is 4.76. The quantitative estimate of drug-likeness (QED) is 0.835. The highest BCUT2D eigenvalue weighted by Gasteiger charge is 2.41. The van der Waals surface area contributed by atoms with Crippen molar-refractivity contribution in [2.24, 2.45) is 5.92 Å². The molecule has 2 aliphatic rings. The molecule has 0 spiro atoms. The van der Waals surface area contributed by atoms with Crippen LogP contribution in [0.25, 0.3) is 0 Å². The Bertz CT molecular complexity index is 318. The van der Waals surface area contributed by atoms with Crippen molar-refractivity contribution in [2.45, 2.75) is 70.5 Å². The Kier molecular flexibility index (Phi) is 4.29. The highest BCUT2D eigenvalue weighted by atomic mass is 15.2. The van der Waals surface area contributed by atoms with Crippen LogP contribution in [0.4, 0.5) is 0 Å². The van der Waals surface area contributed by atoms with Crippen LogP contribution in [0.3, 0.4) is 0 Å². The molecule has 0 radical (unpaired) electrons. The van der Waals surface area contributed by atoms with E-state index in [1.165, 1.54) is 25.8 Å². The van der Waals surface area contributed by atoms with Gasteiger partial charge >= 0.3 is 0 Å². The maximum Gasteiger partial charge on any atom is 0.108 e. The molecule has 3 heteroatoms. The van der Waals surface area contributed by atoms with Crippen molar-refractivity contribution in [3.63, 3.8) is 0 Å². The van der Waals surface area contributed by atoms with E-state index >= 15 is 0 Å². The summed E-state index contributed by atoms with van der Waals surface area (Å²) in [5.41, 5.74) is -0.261. The molecule has 0 amide bonds. The molecule has 2 fully saturated rings. The van der Waals surface area contributed by atoms with Gasteiger partial charge in [0.2, 0.25) is 0 Å². The van der Waals surface area contributed by atoms with Crippen molar-refractivity contribution in [3.05, 3.63) is 0 Å². The van der Waals surface area contributed by atoms with Crippen molar-refractivity contribution in [1.82, 2.24) is 10.2 Å². The zero-order valence-corrected chi connectivity index (χ0v) is 12.1. The molecule has 1 aliphatic heterocycles. The van der Waals surface area contributed by atoms with E-state index < -0.39 is 0 Å². The topological polar surface area (TPSA) is 39.1 Å². The van der Waals surface area contributed by atoms with Crippen LogP contribution in [0.1, 0.15) is 52.9 Å². The summed E-state index contributed by atoms with van der Waals surface area (Å²) >= 11 is 0. The second kappa shape index (κ2) is 5.59. The van der Waals surface area contributed by atoms with E-state index in [9.17, 15) is 5.26 Å². The van der Waals surface area contributed by atoms with Crippen LogP contribution in [-0.2, 0) is 0 Å². The van der Waals surface area contributed by atoms with Crippen LogP contribution in [0, 0.1) is 17.2 Å². The van der Waals surface area contributed by atoms with Crippen LogP contribution in [0.15, 0.2) is 0 Å². The molecule has 18 heavy (non-hydrogen) atoms. The first-order valence-electron chi connectivity index (χ1n) is 7.52. The van der Waals surface area contributed by atoms with Gasteiger partial charge in [-0.3, -0.25) is 10.2 Å². The molecular formula is C15H27N3. The van der Waals surface area contributed by atoms with E-state index in [1.807, 2.05) is 0 Å². The normalized spacial score (nSPS) is 41.8. The van der Waals surface area contributed by atoms with Crippen molar-refractivity contribution < 1.29 is 0 Å². The summed E-state index contributed by atoms with van der Waals surface area (Å²) in [7, 11) is 0. The lowest BCUT2D eigenvalue weighted by molar-refractivity contribution is 0.113. The lowest BCUT2D eigenvalue weighted by Crippen LogP contribution is -2.53. The van der Waals surface area contributed by atoms with Crippen LogP contribution in [-0.4, -0.2) is 35.6 Å². The Morgan fingerprint density at radius 1 is 1.44 bits per heavy atom. The largest absolute Gasteiger partial charge is 0.300 e. The number of hydrogen-bond donors (Lipinski definition) is 1. The van der Waals surface area contributed by atoms with Crippen LogP contribution >= 0.6 is 0 Å². The monoisotopic (exact) mass is 249 g/mol. The average Bonchev–Trinajstić information content (AvgIpc) is 2.69. The fourth-order valence-corrected chi connectivity index (χ4v) is 4.01. The predicted molar refractivity (Wildman–Crippen MR) is 74.2 cm³/mol. The fraction of sp³-hybridized carbons (Fsp3) is 0.933. The molecule has 0 aromatic rings. The molecular weight excluding hydrogens is 222 g/mol. The first kappa shape index (κ1) is 13.8. The Morgan fingerprint density at radius 2 is 2.22 bits per heavy atom. The smallest absolute Gasteiger partial charge is 0.108 e. The Morgan fingerprint density at radius 3 is 2.78 bits per heavy atom. The summed E-state index contributed by atoms with van der Waals surface area (Å²) in [6, 6.07) is 3.86. The highest BCUT2D eigenvalue weighted by molar-refractivity contribution is 5.11. The Balaban J connectivity index is 2.04. The van der Waals surface area contributed by atoms with Crippen molar-refractivity contribution in [2.75, 3.05) is 13.1 Å². The summed E-state index contributed by atoms with van der Waals surface area (Å²) in [4.78, 5) is 2.66. The van der Waals surface area contributed by atoms with Crippen LogP contribution < -0.4 is 5.32 Å². The second-order valence-electron chi connectivity index (χ2n) is 6.36. The zero-order chi connectivity index (χ0) is 13.2. The summed E-state index contributed by atoms with van der Waals surface area (Å²) in [5.74, 6) is 0.817.